The summed E-state index contributed by atoms with van der Waals surface area (Å²) in [6.45, 7) is 5.07. The molecule has 0 aliphatic heterocycles. The molecular formula is C14H21NOS. The molecule has 0 saturated carbocycles. The highest BCUT2D eigenvalue weighted by Crippen LogP contribution is 2.10. The topological polar surface area (TPSA) is 29.1 Å². The van der Waals surface area contributed by atoms with Crippen molar-refractivity contribution in [3.05, 3.63) is 35.4 Å². The molecule has 2 nitrogen and oxygen atoms in total. The number of rotatable bonds is 6. The van der Waals surface area contributed by atoms with Gasteiger partial charge < -0.3 is 5.32 Å². The Bertz CT molecular complexity index is 346. The summed E-state index contributed by atoms with van der Waals surface area (Å²) in [6, 6.07) is 7.84. The summed E-state index contributed by atoms with van der Waals surface area (Å²) >= 11 is 1.79. The largest absolute Gasteiger partial charge is 0.352 e. The van der Waals surface area contributed by atoms with Crippen LogP contribution < -0.4 is 5.32 Å². The lowest BCUT2D eigenvalue weighted by atomic mass is 10.1. The number of hydrogen-bond donors (Lipinski definition) is 1. The van der Waals surface area contributed by atoms with Gasteiger partial charge in [0.15, 0.2) is 0 Å². The van der Waals surface area contributed by atoms with Gasteiger partial charge in [-0.2, -0.15) is 11.8 Å². The number of benzene rings is 1. The summed E-state index contributed by atoms with van der Waals surface area (Å²) in [7, 11) is 0. The van der Waals surface area contributed by atoms with Crippen LogP contribution in [0.3, 0.4) is 0 Å². The molecular weight excluding hydrogens is 230 g/mol. The van der Waals surface area contributed by atoms with Crippen LogP contribution in [0.25, 0.3) is 0 Å². The third-order valence-corrected chi connectivity index (χ3v) is 3.16. The molecule has 0 spiro atoms. The number of nitrogens with one attached hydrogen (secondary N) is 1. The Morgan fingerprint density at radius 1 is 1.29 bits per heavy atom. The Balaban J connectivity index is 2.46. The normalized spacial score (nSPS) is 10.6. The Kier molecular flexibility index (Phi) is 6.12. The summed E-state index contributed by atoms with van der Waals surface area (Å²) < 4.78 is 0. The van der Waals surface area contributed by atoms with Gasteiger partial charge in [0.1, 0.15) is 0 Å². The molecule has 1 N–H and O–H groups in total. The minimum absolute atomic E-state index is 0.0290. The maximum Gasteiger partial charge on any atom is 0.251 e. The molecule has 0 aliphatic rings. The Labute approximate surface area is 108 Å². The maximum absolute atomic E-state index is 11.8. The van der Waals surface area contributed by atoms with Crippen molar-refractivity contribution in [3.63, 3.8) is 0 Å². The maximum atomic E-state index is 11.8. The van der Waals surface area contributed by atoms with Gasteiger partial charge in [0.05, 0.1) is 0 Å². The van der Waals surface area contributed by atoms with Crippen molar-refractivity contribution in [2.45, 2.75) is 26.0 Å². The first-order valence-electron chi connectivity index (χ1n) is 5.99. The lowest BCUT2D eigenvalue weighted by Crippen LogP contribution is -2.25. The fraction of sp³-hybridized carbons (Fsp3) is 0.500. The van der Waals surface area contributed by atoms with E-state index in [9.17, 15) is 4.79 Å². The molecule has 0 fully saturated rings. The Morgan fingerprint density at radius 2 is 1.94 bits per heavy atom. The van der Waals surface area contributed by atoms with Gasteiger partial charge in [0.2, 0.25) is 0 Å². The molecule has 94 valence electrons. The molecule has 0 saturated heterocycles. The van der Waals surface area contributed by atoms with Crippen LogP contribution in [-0.2, 0) is 5.75 Å². The second-order valence-electron chi connectivity index (χ2n) is 4.57. The molecule has 0 unspecified atom stereocenters. The van der Waals surface area contributed by atoms with Crippen LogP contribution in [0.15, 0.2) is 24.3 Å². The van der Waals surface area contributed by atoms with E-state index >= 15 is 0 Å². The highest BCUT2D eigenvalue weighted by Gasteiger charge is 2.04. The van der Waals surface area contributed by atoms with E-state index in [-0.39, 0.29) is 5.91 Å². The quantitative estimate of drug-likeness (QED) is 0.840. The van der Waals surface area contributed by atoms with E-state index in [1.165, 1.54) is 5.56 Å². The zero-order valence-corrected chi connectivity index (χ0v) is 11.6. The molecule has 1 rings (SSSR count). The van der Waals surface area contributed by atoms with E-state index in [1.807, 2.05) is 24.3 Å². The molecule has 3 heteroatoms. The van der Waals surface area contributed by atoms with Gasteiger partial charge in [-0.3, -0.25) is 4.79 Å². The molecule has 0 aromatic heterocycles. The van der Waals surface area contributed by atoms with E-state index in [0.29, 0.717) is 5.92 Å². The molecule has 17 heavy (non-hydrogen) atoms. The molecule has 1 amide bonds. The third kappa shape index (κ3) is 5.26. The molecule has 0 radical (unpaired) electrons. The molecule has 1 aromatic rings. The second kappa shape index (κ2) is 7.38. The van der Waals surface area contributed by atoms with Crippen molar-refractivity contribution < 1.29 is 4.79 Å². The van der Waals surface area contributed by atoms with Gasteiger partial charge in [-0.25, -0.2) is 0 Å². The van der Waals surface area contributed by atoms with Crippen LogP contribution in [0.2, 0.25) is 0 Å². The summed E-state index contributed by atoms with van der Waals surface area (Å²) in [5.41, 5.74) is 2.01. The Hall–Kier alpha value is -0.960. The predicted molar refractivity (Wildman–Crippen MR) is 75.4 cm³/mol. The van der Waals surface area contributed by atoms with Gasteiger partial charge in [0.25, 0.3) is 5.91 Å². The van der Waals surface area contributed by atoms with Crippen molar-refractivity contribution >= 4 is 17.7 Å². The fourth-order valence-electron chi connectivity index (χ4n) is 1.50. The minimum Gasteiger partial charge on any atom is -0.352 e. The van der Waals surface area contributed by atoms with Crippen LogP contribution in [0, 0.1) is 5.92 Å². The Morgan fingerprint density at radius 3 is 2.47 bits per heavy atom. The molecule has 0 atom stereocenters. The van der Waals surface area contributed by atoms with Crippen LogP contribution >= 0.6 is 11.8 Å². The summed E-state index contributed by atoms with van der Waals surface area (Å²) in [5.74, 6) is 1.65. The van der Waals surface area contributed by atoms with E-state index in [4.69, 9.17) is 0 Å². The van der Waals surface area contributed by atoms with Crippen LogP contribution in [0.5, 0.6) is 0 Å². The predicted octanol–water partition coefficient (Wildman–Crippen LogP) is 3.33. The van der Waals surface area contributed by atoms with Crippen molar-refractivity contribution in [2.75, 3.05) is 12.8 Å². The van der Waals surface area contributed by atoms with E-state index in [2.05, 4.69) is 25.4 Å². The van der Waals surface area contributed by atoms with E-state index in [0.717, 1.165) is 24.3 Å². The van der Waals surface area contributed by atoms with Gasteiger partial charge in [-0.1, -0.05) is 26.0 Å². The SMILES string of the molecule is CSCc1ccc(C(=O)NCCC(C)C)cc1. The monoisotopic (exact) mass is 251 g/mol. The number of amides is 1. The standard InChI is InChI=1S/C14H21NOS/c1-11(2)8-9-15-14(16)13-6-4-12(5-7-13)10-17-3/h4-7,11H,8-10H2,1-3H3,(H,15,16). The zero-order valence-electron chi connectivity index (χ0n) is 10.8. The highest BCUT2D eigenvalue weighted by atomic mass is 32.2. The molecule has 0 heterocycles. The molecule has 1 aromatic carbocycles. The van der Waals surface area contributed by atoms with Crippen molar-refractivity contribution in [1.29, 1.82) is 0 Å². The lowest BCUT2D eigenvalue weighted by Gasteiger charge is -2.07. The van der Waals surface area contributed by atoms with Gasteiger partial charge in [0, 0.05) is 17.9 Å². The average Bonchev–Trinajstić information content (AvgIpc) is 2.30. The summed E-state index contributed by atoms with van der Waals surface area (Å²) in [5, 5.41) is 2.94. The smallest absolute Gasteiger partial charge is 0.251 e. The third-order valence-electron chi connectivity index (χ3n) is 2.53. The first-order chi connectivity index (χ1) is 8.13. The van der Waals surface area contributed by atoms with Crippen LogP contribution in [-0.4, -0.2) is 18.7 Å². The van der Waals surface area contributed by atoms with Crippen LogP contribution in [0.1, 0.15) is 36.2 Å². The fourth-order valence-corrected chi connectivity index (χ4v) is 2.02. The van der Waals surface area contributed by atoms with E-state index < -0.39 is 0 Å². The number of hydrogen-bond acceptors (Lipinski definition) is 2. The van der Waals surface area contributed by atoms with Crippen molar-refractivity contribution in [2.24, 2.45) is 5.92 Å². The number of carbonyl (C=O) groups excluding carboxylic acids is 1. The zero-order chi connectivity index (χ0) is 12.7. The lowest BCUT2D eigenvalue weighted by molar-refractivity contribution is 0.0952. The summed E-state index contributed by atoms with van der Waals surface area (Å²) in [4.78, 5) is 11.8. The number of thioether (sulfide) groups is 1. The van der Waals surface area contributed by atoms with Crippen molar-refractivity contribution in [3.8, 4) is 0 Å². The average molecular weight is 251 g/mol. The van der Waals surface area contributed by atoms with Gasteiger partial charge >= 0.3 is 0 Å². The van der Waals surface area contributed by atoms with Crippen LogP contribution in [0.4, 0.5) is 0 Å². The highest BCUT2D eigenvalue weighted by molar-refractivity contribution is 7.97. The van der Waals surface area contributed by atoms with E-state index in [1.54, 1.807) is 11.8 Å². The second-order valence-corrected chi connectivity index (χ2v) is 5.43. The molecule has 0 bridgehead atoms. The van der Waals surface area contributed by atoms with Crippen molar-refractivity contribution in [1.82, 2.24) is 5.32 Å². The van der Waals surface area contributed by atoms with Gasteiger partial charge in [-0.05, 0) is 36.3 Å². The first kappa shape index (κ1) is 14.1. The van der Waals surface area contributed by atoms with Gasteiger partial charge in [-0.15, -0.1) is 0 Å². The number of carbonyl (C=O) groups is 1. The minimum atomic E-state index is 0.0290. The molecule has 0 aliphatic carbocycles. The summed E-state index contributed by atoms with van der Waals surface area (Å²) in [6.07, 6.45) is 3.10. The first-order valence-corrected chi connectivity index (χ1v) is 7.39.